The van der Waals surface area contributed by atoms with Crippen LogP contribution in [0.5, 0.6) is 0 Å². The highest BCUT2D eigenvalue weighted by atomic mass is 16.6. The van der Waals surface area contributed by atoms with Crippen molar-refractivity contribution in [2.45, 2.75) is 39.2 Å². The third-order valence-electron chi connectivity index (χ3n) is 4.04. The number of carbonyl (C=O) groups is 4. The first-order chi connectivity index (χ1) is 12.4. The average Bonchev–Trinajstić information content (AvgIpc) is 2.65. The van der Waals surface area contributed by atoms with E-state index >= 15 is 0 Å². The molecule has 0 aliphatic rings. The standard InChI is InChI=1S/C19H25NO6/c1-5-16(22)15-10-8-14(9-11-15)12-19(20(4)13-21,17(23)25-6-2)18(24)26-7-3/h8-11,13H,5-7,12H2,1-4H3. The van der Waals surface area contributed by atoms with E-state index in [2.05, 4.69) is 0 Å². The van der Waals surface area contributed by atoms with E-state index in [1.165, 1.54) is 7.05 Å². The maximum atomic E-state index is 12.6. The van der Waals surface area contributed by atoms with E-state index in [1.807, 2.05) is 0 Å². The molecule has 1 aromatic rings. The van der Waals surface area contributed by atoms with Crippen molar-refractivity contribution in [1.29, 1.82) is 0 Å². The quantitative estimate of drug-likeness (QED) is 0.272. The Morgan fingerprint density at radius 1 is 1.00 bits per heavy atom. The van der Waals surface area contributed by atoms with Crippen LogP contribution in [0.2, 0.25) is 0 Å². The molecule has 0 aromatic heterocycles. The molecular weight excluding hydrogens is 338 g/mol. The highest BCUT2D eigenvalue weighted by molar-refractivity contribution is 6.06. The summed E-state index contributed by atoms with van der Waals surface area (Å²) in [6, 6.07) is 6.55. The lowest BCUT2D eigenvalue weighted by molar-refractivity contribution is -0.175. The third kappa shape index (κ3) is 4.47. The van der Waals surface area contributed by atoms with E-state index in [1.54, 1.807) is 45.0 Å². The average molecular weight is 363 g/mol. The molecule has 0 spiro atoms. The number of esters is 2. The Hall–Kier alpha value is -2.70. The number of rotatable bonds is 10. The second kappa shape index (κ2) is 9.70. The van der Waals surface area contributed by atoms with Gasteiger partial charge < -0.3 is 14.4 Å². The Kier molecular flexibility index (Phi) is 7.96. The minimum atomic E-state index is -1.93. The second-order valence-corrected chi connectivity index (χ2v) is 5.67. The van der Waals surface area contributed by atoms with E-state index in [9.17, 15) is 19.2 Å². The zero-order chi connectivity index (χ0) is 19.7. The number of hydrogen-bond donors (Lipinski definition) is 0. The molecule has 0 bridgehead atoms. The molecule has 7 heteroatoms. The fourth-order valence-corrected chi connectivity index (χ4v) is 2.54. The van der Waals surface area contributed by atoms with Gasteiger partial charge in [0.15, 0.2) is 5.78 Å². The second-order valence-electron chi connectivity index (χ2n) is 5.67. The van der Waals surface area contributed by atoms with E-state index in [4.69, 9.17) is 9.47 Å². The number of ether oxygens (including phenoxy) is 2. The monoisotopic (exact) mass is 363 g/mol. The van der Waals surface area contributed by atoms with Crippen molar-refractivity contribution < 1.29 is 28.7 Å². The van der Waals surface area contributed by atoms with Crippen molar-refractivity contribution >= 4 is 24.1 Å². The summed E-state index contributed by atoms with van der Waals surface area (Å²) in [6.07, 6.45) is 0.645. The summed E-state index contributed by atoms with van der Waals surface area (Å²) in [6.45, 7) is 5.09. The van der Waals surface area contributed by atoms with Crippen LogP contribution in [0.15, 0.2) is 24.3 Å². The Morgan fingerprint density at radius 3 is 1.88 bits per heavy atom. The van der Waals surface area contributed by atoms with Crippen LogP contribution in [0.25, 0.3) is 0 Å². The highest BCUT2D eigenvalue weighted by Crippen LogP contribution is 2.24. The molecule has 1 rings (SSSR count). The van der Waals surface area contributed by atoms with E-state index in [0.717, 1.165) is 4.90 Å². The van der Waals surface area contributed by atoms with Gasteiger partial charge in [0.2, 0.25) is 11.9 Å². The topological polar surface area (TPSA) is 90.0 Å². The number of hydrogen-bond acceptors (Lipinski definition) is 6. The first-order valence-electron chi connectivity index (χ1n) is 8.52. The van der Waals surface area contributed by atoms with Crippen molar-refractivity contribution in [3.8, 4) is 0 Å². The van der Waals surface area contributed by atoms with Crippen molar-refractivity contribution in [3.63, 3.8) is 0 Å². The minimum absolute atomic E-state index is 0.0105. The van der Waals surface area contributed by atoms with Gasteiger partial charge in [0.25, 0.3) is 0 Å². The molecule has 0 radical (unpaired) electrons. The molecule has 0 aliphatic carbocycles. The van der Waals surface area contributed by atoms with Crippen LogP contribution in [0, 0.1) is 0 Å². The molecule has 0 aliphatic heterocycles. The molecule has 0 atom stereocenters. The molecular formula is C19H25NO6. The smallest absolute Gasteiger partial charge is 0.344 e. The fraction of sp³-hybridized carbons (Fsp3) is 0.474. The molecule has 7 nitrogen and oxygen atoms in total. The molecule has 1 aromatic carbocycles. The molecule has 0 saturated heterocycles. The first-order valence-corrected chi connectivity index (χ1v) is 8.52. The summed E-state index contributed by atoms with van der Waals surface area (Å²) in [7, 11) is 1.33. The molecule has 0 fully saturated rings. The van der Waals surface area contributed by atoms with Crippen molar-refractivity contribution in [2.75, 3.05) is 20.3 Å². The Bertz CT molecular complexity index is 634. The van der Waals surface area contributed by atoms with Gasteiger partial charge in [-0.05, 0) is 19.4 Å². The molecule has 0 unspecified atom stereocenters. The van der Waals surface area contributed by atoms with Gasteiger partial charge in [-0.25, -0.2) is 9.59 Å². The number of ketones is 1. The molecule has 0 saturated carbocycles. The van der Waals surface area contributed by atoms with Crippen molar-refractivity contribution in [1.82, 2.24) is 4.90 Å². The van der Waals surface area contributed by atoms with Gasteiger partial charge in [-0.3, -0.25) is 9.59 Å². The van der Waals surface area contributed by atoms with Gasteiger partial charge in [0, 0.05) is 25.5 Å². The van der Waals surface area contributed by atoms with E-state index < -0.39 is 17.5 Å². The van der Waals surface area contributed by atoms with E-state index in [0.29, 0.717) is 24.0 Å². The number of likely N-dealkylation sites (N-methyl/N-ethyl adjacent to an activating group) is 1. The fourth-order valence-electron chi connectivity index (χ4n) is 2.54. The minimum Gasteiger partial charge on any atom is -0.464 e. The SMILES string of the molecule is CCOC(=O)C(Cc1ccc(C(=O)CC)cc1)(C(=O)OCC)N(C)C=O. The van der Waals surface area contributed by atoms with E-state index in [-0.39, 0.29) is 25.4 Å². The molecule has 1 amide bonds. The predicted octanol–water partition coefficient (Wildman–Crippen LogP) is 1.77. The lowest BCUT2D eigenvalue weighted by atomic mass is 9.88. The summed E-state index contributed by atoms with van der Waals surface area (Å²) in [5.74, 6) is -1.73. The van der Waals surface area contributed by atoms with Crippen LogP contribution in [0.3, 0.4) is 0 Å². The predicted molar refractivity (Wildman–Crippen MR) is 94.6 cm³/mol. The first kappa shape index (κ1) is 21.3. The van der Waals surface area contributed by atoms with Crippen LogP contribution >= 0.6 is 0 Å². The summed E-state index contributed by atoms with van der Waals surface area (Å²) in [4.78, 5) is 49.4. The van der Waals surface area contributed by atoms with Gasteiger partial charge in [-0.1, -0.05) is 31.2 Å². The molecule has 0 heterocycles. The van der Waals surface area contributed by atoms with Gasteiger partial charge in [0.05, 0.1) is 13.2 Å². The number of nitrogens with zero attached hydrogens (tertiary/aromatic N) is 1. The van der Waals surface area contributed by atoms with Crippen LogP contribution in [0.4, 0.5) is 0 Å². The highest BCUT2D eigenvalue weighted by Gasteiger charge is 2.52. The Labute approximate surface area is 153 Å². The van der Waals surface area contributed by atoms with Crippen LogP contribution in [-0.4, -0.2) is 54.8 Å². The van der Waals surface area contributed by atoms with Gasteiger partial charge >= 0.3 is 11.9 Å². The van der Waals surface area contributed by atoms with Gasteiger partial charge in [0.1, 0.15) is 0 Å². The van der Waals surface area contributed by atoms with Gasteiger partial charge in [-0.15, -0.1) is 0 Å². The maximum absolute atomic E-state index is 12.6. The number of benzene rings is 1. The zero-order valence-electron chi connectivity index (χ0n) is 15.6. The Morgan fingerprint density at radius 2 is 1.50 bits per heavy atom. The molecule has 142 valence electrons. The van der Waals surface area contributed by atoms with Crippen LogP contribution in [0.1, 0.15) is 43.1 Å². The summed E-state index contributed by atoms with van der Waals surface area (Å²) in [5, 5.41) is 0. The third-order valence-corrected chi connectivity index (χ3v) is 4.04. The van der Waals surface area contributed by atoms with Crippen LogP contribution in [-0.2, 0) is 30.3 Å². The zero-order valence-corrected chi connectivity index (χ0v) is 15.6. The molecule has 26 heavy (non-hydrogen) atoms. The number of Topliss-reactive ketones (excluding diaryl/α,β-unsaturated/α-hetero) is 1. The number of amides is 1. The lowest BCUT2D eigenvalue weighted by Gasteiger charge is -2.35. The lowest BCUT2D eigenvalue weighted by Crippen LogP contribution is -2.61. The van der Waals surface area contributed by atoms with Crippen molar-refractivity contribution in [2.24, 2.45) is 0 Å². The summed E-state index contributed by atoms with van der Waals surface area (Å²) in [5.41, 5.74) is -0.797. The van der Waals surface area contributed by atoms with Crippen LogP contribution < -0.4 is 0 Å². The largest absolute Gasteiger partial charge is 0.464 e. The number of carbonyl (C=O) groups excluding carboxylic acids is 4. The molecule has 0 N–H and O–H groups in total. The normalized spacial score (nSPS) is 10.8. The summed E-state index contributed by atoms with van der Waals surface area (Å²) >= 11 is 0. The Balaban J connectivity index is 3.34. The maximum Gasteiger partial charge on any atom is 0.344 e. The van der Waals surface area contributed by atoms with Gasteiger partial charge in [-0.2, -0.15) is 0 Å². The summed E-state index contributed by atoms with van der Waals surface area (Å²) < 4.78 is 10.1. The van der Waals surface area contributed by atoms with Crippen molar-refractivity contribution in [3.05, 3.63) is 35.4 Å².